The van der Waals surface area contributed by atoms with Crippen molar-refractivity contribution < 1.29 is 13.5 Å². The first-order chi connectivity index (χ1) is 5.52. The second-order valence-corrected chi connectivity index (χ2v) is 2.90. The average Bonchev–Trinajstić information content (AvgIpc) is 1.95. The van der Waals surface area contributed by atoms with Crippen molar-refractivity contribution in [3.05, 3.63) is 0 Å². The Kier molecular flexibility index (Phi) is 5.65. The van der Waals surface area contributed by atoms with Gasteiger partial charge in [-0.25, -0.2) is 5.43 Å². The molecule has 0 aromatic carbocycles. The largest absolute Gasteiger partial charge is 0.385 e. The molecule has 1 atom stereocenters. The Labute approximate surface area is 75.2 Å². The predicted molar refractivity (Wildman–Crippen MR) is 43.0 cm³/mol. The number of hydrogen-bond acceptors (Lipinski definition) is 3. The maximum absolute atomic E-state index is 12.4. The van der Waals surface area contributed by atoms with Crippen molar-refractivity contribution in [2.75, 3.05) is 13.7 Å². The van der Waals surface area contributed by atoms with Gasteiger partial charge in [-0.1, -0.05) is 0 Å². The molecule has 3 N–H and O–H groups in total. The highest BCUT2D eigenvalue weighted by Gasteiger charge is 2.35. The van der Waals surface area contributed by atoms with Crippen LogP contribution in [-0.2, 0) is 4.74 Å². The van der Waals surface area contributed by atoms with Crippen LogP contribution in [0.2, 0.25) is 0 Å². The van der Waals surface area contributed by atoms with Crippen LogP contribution in [0, 0.1) is 0 Å². The third-order valence-electron chi connectivity index (χ3n) is 1.44. The zero-order valence-corrected chi connectivity index (χ0v) is 7.57. The zero-order chi connectivity index (χ0) is 9.61. The molecule has 0 amide bonds. The topological polar surface area (TPSA) is 47.3 Å². The Morgan fingerprint density at radius 3 is 2.58 bits per heavy atom. The van der Waals surface area contributed by atoms with Gasteiger partial charge >= 0.3 is 5.38 Å². The first-order valence-electron chi connectivity index (χ1n) is 3.54. The maximum Gasteiger partial charge on any atom is 0.338 e. The lowest BCUT2D eigenvalue weighted by Gasteiger charge is -2.20. The van der Waals surface area contributed by atoms with Crippen molar-refractivity contribution in [1.29, 1.82) is 0 Å². The molecule has 12 heavy (non-hydrogen) atoms. The number of alkyl halides is 3. The Morgan fingerprint density at radius 1 is 1.67 bits per heavy atom. The van der Waals surface area contributed by atoms with Crippen LogP contribution in [0.1, 0.15) is 12.8 Å². The number of methoxy groups -OCH3 is 1. The van der Waals surface area contributed by atoms with E-state index in [1.807, 2.05) is 5.43 Å². The van der Waals surface area contributed by atoms with Gasteiger partial charge in [-0.15, -0.1) is 0 Å². The van der Waals surface area contributed by atoms with E-state index in [0.29, 0.717) is 13.0 Å². The van der Waals surface area contributed by atoms with Crippen molar-refractivity contribution in [3.8, 4) is 0 Å². The van der Waals surface area contributed by atoms with E-state index in [1.165, 1.54) is 7.11 Å². The van der Waals surface area contributed by atoms with E-state index in [0.717, 1.165) is 0 Å². The molecule has 0 aliphatic carbocycles. The monoisotopic (exact) mass is 202 g/mol. The minimum atomic E-state index is -3.30. The van der Waals surface area contributed by atoms with E-state index in [9.17, 15) is 8.78 Å². The SMILES string of the molecule is COCCCC(NN)C(F)(F)Cl. The Bertz CT molecular complexity index is 121. The van der Waals surface area contributed by atoms with E-state index < -0.39 is 11.4 Å². The van der Waals surface area contributed by atoms with E-state index in [2.05, 4.69) is 0 Å². The Hall–Kier alpha value is 0.0300. The molecule has 0 saturated heterocycles. The van der Waals surface area contributed by atoms with Gasteiger partial charge in [-0.3, -0.25) is 5.84 Å². The minimum Gasteiger partial charge on any atom is -0.385 e. The molecule has 0 rings (SSSR count). The molecular weight excluding hydrogens is 190 g/mol. The van der Waals surface area contributed by atoms with Crippen LogP contribution >= 0.6 is 11.6 Å². The highest BCUT2D eigenvalue weighted by Crippen LogP contribution is 2.25. The van der Waals surface area contributed by atoms with Gasteiger partial charge in [-0.2, -0.15) is 8.78 Å². The highest BCUT2D eigenvalue weighted by molar-refractivity contribution is 6.22. The fourth-order valence-corrected chi connectivity index (χ4v) is 0.945. The van der Waals surface area contributed by atoms with Crippen LogP contribution < -0.4 is 11.3 Å². The molecule has 0 heterocycles. The third kappa shape index (κ3) is 4.82. The zero-order valence-electron chi connectivity index (χ0n) is 6.82. The summed E-state index contributed by atoms with van der Waals surface area (Å²) in [7, 11) is 1.50. The molecule has 0 fully saturated rings. The van der Waals surface area contributed by atoms with Gasteiger partial charge in [0.25, 0.3) is 0 Å². The minimum absolute atomic E-state index is 0.181. The van der Waals surface area contributed by atoms with Gasteiger partial charge in [0.05, 0.1) is 6.04 Å². The number of rotatable bonds is 6. The van der Waals surface area contributed by atoms with Crippen LogP contribution in [0.15, 0.2) is 0 Å². The first kappa shape index (κ1) is 12.0. The molecule has 0 bridgehead atoms. The highest BCUT2D eigenvalue weighted by atomic mass is 35.5. The number of hydrogen-bond donors (Lipinski definition) is 2. The lowest BCUT2D eigenvalue weighted by Crippen LogP contribution is -2.45. The summed E-state index contributed by atoms with van der Waals surface area (Å²) in [5, 5.41) is -3.30. The number of nitrogens with one attached hydrogen (secondary N) is 1. The molecule has 1 unspecified atom stereocenters. The molecule has 0 radical (unpaired) electrons. The van der Waals surface area contributed by atoms with Gasteiger partial charge < -0.3 is 4.74 Å². The molecule has 6 heteroatoms. The average molecular weight is 203 g/mol. The van der Waals surface area contributed by atoms with Crippen LogP contribution in [0.25, 0.3) is 0 Å². The normalized spacial score (nSPS) is 14.8. The summed E-state index contributed by atoms with van der Waals surface area (Å²) in [6, 6.07) is -1.20. The predicted octanol–water partition coefficient (Wildman–Crippen LogP) is 1.08. The van der Waals surface area contributed by atoms with Gasteiger partial charge in [0.1, 0.15) is 0 Å². The summed E-state index contributed by atoms with van der Waals surface area (Å²) in [4.78, 5) is 0. The van der Waals surface area contributed by atoms with Gasteiger partial charge in [0.2, 0.25) is 0 Å². The Balaban J connectivity index is 3.68. The van der Waals surface area contributed by atoms with Crippen molar-refractivity contribution in [1.82, 2.24) is 5.43 Å². The van der Waals surface area contributed by atoms with Crippen molar-refractivity contribution in [2.45, 2.75) is 24.3 Å². The summed E-state index contributed by atoms with van der Waals surface area (Å²) in [6.07, 6.45) is 0.675. The standard InChI is InChI=1S/C6H13ClF2N2O/c1-12-4-2-3-5(11-10)6(7,8)9/h5,11H,2-4,10H2,1H3. The number of hydrazine groups is 1. The molecular formula is C6H13ClF2N2O. The first-order valence-corrected chi connectivity index (χ1v) is 3.92. The van der Waals surface area contributed by atoms with E-state index >= 15 is 0 Å². The summed E-state index contributed by atoms with van der Waals surface area (Å²) >= 11 is 4.76. The van der Waals surface area contributed by atoms with Crippen molar-refractivity contribution in [3.63, 3.8) is 0 Å². The smallest absolute Gasteiger partial charge is 0.338 e. The second kappa shape index (κ2) is 5.64. The van der Waals surface area contributed by atoms with Crippen molar-refractivity contribution >= 4 is 11.6 Å². The molecule has 0 aromatic heterocycles. The second-order valence-electron chi connectivity index (χ2n) is 2.40. The quantitative estimate of drug-likeness (QED) is 0.293. The van der Waals surface area contributed by atoms with Crippen LogP contribution in [0.5, 0.6) is 0 Å². The van der Waals surface area contributed by atoms with Crippen molar-refractivity contribution in [2.24, 2.45) is 5.84 Å². The van der Waals surface area contributed by atoms with E-state index in [4.69, 9.17) is 22.2 Å². The van der Waals surface area contributed by atoms with E-state index in [-0.39, 0.29) is 6.42 Å². The fraction of sp³-hybridized carbons (Fsp3) is 1.00. The van der Waals surface area contributed by atoms with Crippen LogP contribution in [0.3, 0.4) is 0 Å². The fourth-order valence-electron chi connectivity index (χ4n) is 0.773. The van der Waals surface area contributed by atoms with E-state index in [1.54, 1.807) is 0 Å². The molecule has 74 valence electrons. The summed E-state index contributed by atoms with van der Waals surface area (Å²) in [6.45, 7) is 0.422. The molecule has 0 aromatic rings. The van der Waals surface area contributed by atoms with Gasteiger partial charge in [0.15, 0.2) is 0 Å². The lowest BCUT2D eigenvalue weighted by atomic mass is 10.2. The third-order valence-corrected chi connectivity index (χ3v) is 1.70. The van der Waals surface area contributed by atoms with Gasteiger partial charge in [0, 0.05) is 13.7 Å². The lowest BCUT2D eigenvalue weighted by molar-refractivity contribution is 0.0426. The Morgan fingerprint density at radius 2 is 2.25 bits per heavy atom. The van der Waals surface area contributed by atoms with Crippen LogP contribution in [0.4, 0.5) is 8.78 Å². The molecule has 3 nitrogen and oxygen atoms in total. The molecule has 0 aliphatic rings. The number of nitrogens with two attached hydrogens (primary N) is 1. The maximum atomic E-state index is 12.4. The molecule has 0 saturated carbocycles. The summed E-state index contributed by atoms with van der Waals surface area (Å²) in [5.41, 5.74) is 1.96. The molecule has 0 spiro atoms. The molecule has 0 aliphatic heterocycles. The summed E-state index contributed by atoms with van der Waals surface area (Å²) in [5.74, 6) is 4.89. The number of ether oxygens (including phenoxy) is 1. The van der Waals surface area contributed by atoms with Gasteiger partial charge in [-0.05, 0) is 24.4 Å². The number of halogens is 3. The van der Waals surface area contributed by atoms with Crippen LogP contribution in [-0.4, -0.2) is 25.1 Å². The summed E-state index contributed by atoms with van der Waals surface area (Å²) < 4.78 is 29.5.